The molecule has 0 aliphatic rings. The molecular formula is C83H134O17P2. The van der Waals surface area contributed by atoms with Crippen molar-refractivity contribution in [1.29, 1.82) is 0 Å². The fourth-order valence-electron chi connectivity index (χ4n) is 9.39. The summed E-state index contributed by atoms with van der Waals surface area (Å²) in [6, 6.07) is 0. The lowest BCUT2D eigenvalue weighted by atomic mass is 10.1. The maximum absolute atomic E-state index is 13.1. The number of rotatable bonds is 70. The van der Waals surface area contributed by atoms with Crippen LogP contribution < -0.4 is 0 Å². The van der Waals surface area contributed by atoms with Gasteiger partial charge in [-0.2, -0.15) is 0 Å². The molecule has 0 aliphatic carbocycles. The van der Waals surface area contributed by atoms with Crippen LogP contribution in [0.25, 0.3) is 0 Å². The summed E-state index contributed by atoms with van der Waals surface area (Å²) in [6.45, 7) is 4.35. The fourth-order valence-corrected chi connectivity index (χ4v) is 11.0. The summed E-state index contributed by atoms with van der Waals surface area (Å²) in [7, 11) is -10.0. The van der Waals surface area contributed by atoms with E-state index in [1.165, 1.54) is 38.5 Å². The van der Waals surface area contributed by atoms with Gasteiger partial charge >= 0.3 is 39.5 Å². The zero-order valence-electron chi connectivity index (χ0n) is 63.0. The number of hydrogen-bond acceptors (Lipinski definition) is 15. The summed E-state index contributed by atoms with van der Waals surface area (Å²) in [5.41, 5.74) is 0. The van der Waals surface area contributed by atoms with Crippen molar-refractivity contribution < 1.29 is 80.2 Å². The Labute approximate surface area is 616 Å². The van der Waals surface area contributed by atoms with Crippen LogP contribution in [0.4, 0.5) is 0 Å². The second-order valence-electron chi connectivity index (χ2n) is 24.8. The Hall–Kier alpha value is -5.58. The smallest absolute Gasteiger partial charge is 0.462 e. The maximum atomic E-state index is 13.1. The molecule has 0 heterocycles. The molecule has 5 atom stereocenters. The molecule has 5 unspecified atom stereocenters. The van der Waals surface area contributed by atoms with Gasteiger partial charge in [-0.1, -0.05) is 262 Å². The summed E-state index contributed by atoms with van der Waals surface area (Å²) in [6.07, 6.45) is 86.6. The highest BCUT2D eigenvalue weighted by atomic mass is 31.2. The highest BCUT2D eigenvalue weighted by Crippen LogP contribution is 2.45. The molecule has 0 amide bonds. The molecule has 0 saturated carbocycles. The molecule has 0 rings (SSSR count). The average molecular weight is 1470 g/mol. The molecule has 0 spiro atoms. The number of aliphatic hydroxyl groups is 1. The van der Waals surface area contributed by atoms with Crippen LogP contribution in [0.3, 0.4) is 0 Å². The highest BCUT2D eigenvalue weighted by molar-refractivity contribution is 7.47. The number of esters is 4. The summed E-state index contributed by atoms with van der Waals surface area (Å²) in [5, 5.41) is 10.6. The first-order valence-electron chi connectivity index (χ1n) is 38.4. The van der Waals surface area contributed by atoms with Gasteiger partial charge in [0.1, 0.15) is 19.3 Å². The molecule has 19 heteroatoms. The van der Waals surface area contributed by atoms with Crippen molar-refractivity contribution >= 4 is 39.5 Å². The van der Waals surface area contributed by atoms with E-state index in [4.69, 9.17) is 37.0 Å². The Bertz CT molecular complexity index is 2600. The molecule has 0 saturated heterocycles. The molecule has 0 bridgehead atoms. The molecule has 0 fully saturated rings. The Morgan fingerprint density at radius 1 is 0.294 bits per heavy atom. The van der Waals surface area contributed by atoms with Gasteiger partial charge in [0.05, 0.1) is 32.8 Å². The molecule has 17 nitrogen and oxygen atoms in total. The van der Waals surface area contributed by atoms with Crippen molar-refractivity contribution in [3.05, 3.63) is 170 Å². The monoisotopic (exact) mass is 1460 g/mol. The lowest BCUT2D eigenvalue weighted by Crippen LogP contribution is -2.30. The Kier molecular flexibility index (Phi) is 69.7. The minimum Gasteiger partial charge on any atom is -0.462 e. The second-order valence-corrected chi connectivity index (χ2v) is 27.7. The average Bonchev–Trinajstić information content (AvgIpc) is 0.923. The van der Waals surface area contributed by atoms with E-state index in [0.717, 1.165) is 148 Å². The van der Waals surface area contributed by atoms with Gasteiger partial charge in [-0.3, -0.25) is 37.3 Å². The largest absolute Gasteiger partial charge is 0.472 e. The van der Waals surface area contributed by atoms with Crippen molar-refractivity contribution in [2.45, 2.75) is 290 Å². The quantitative estimate of drug-likeness (QED) is 0.0169. The number of phosphoric ester groups is 2. The normalized spacial score (nSPS) is 14.9. The van der Waals surface area contributed by atoms with Crippen LogP contribution in [0.15, 0.2) is 170 Å². The van der Waals surface area contributed by atoms with Crippen LogP contribution in [0.2, 0.25) is 0 Å². The van der Waals surface area contributed by atoms with Crippen LogP contribution in [-0.2, 0) is 65.4 Å². The van der Waals surface area contributed by atoms with Crippen molar-refractivity contribution in [2.24, 2.45) is 0 Å². The van der Waals surface area contributed by atoms with Gasteiger partial charge in [0.25, 0.3) is 0 Å². The van der Waals surface area contributed by atoms with Gasteiger partial charge in [-0.15, -0.1) is 0 Å². The summed E-state index contributed by atoms with van der Waals surface area (Å²) in [5.74, 6) is -2.44. The van der Waals surface area contributed by atoms with E-state index in [0.29, 0.717) is 32.1 Å². The molecule has 0 aromatic rings. The first-order valence-corrected chi connectivity index (χ1v) is 41.4. The van der Waals surface area contributed by atoms with E-state index in [-0.39, 0.29) is 25.7 Å². The third-order valence-electron chi connectivity index (χ3n) is 15.2. The van der Waals surface area contributed by atoms with Gasteiger partial charge in [-0.25, -0.2) is 9.13 Å². The molecule has 102 heavy (non-hydrogen) atoms. The summed E-state index contributed by atoms with van der Waals surface area (Å²) < 4.78 is 68.3. The van der Waals surface area contributed by atoms with Crippen LogP contribution >= 0.6 is 15.6 Å². The zero-order chi connectivity index (χ0) is 74.6. The molecular weight excluding hydrogens is 1330 g/mol. The van der Waals surface area contributed by atoms with Crippen molar-refractivity contribution in [1.82, 2.24) is 0 Å². The summed E-state index contributed by atoms with van der Waals surface area (Å²) >= 11 is 0. The van der Waals surface area contributed by atoms with Gasteiger partial charge in [0.2, 0.25) is 0 Å². The van der Waals surface area contributed by atoms with E-state index < -0.39 is 97.5 Å². The lowest BCUT2D eigenvalue weighted by molar-refractivity contribution is -0.161. The third kappa shape index (κ3) is 72.8. The number of carbonyl (C=O) groups excluding carboxylic acids is 4. The first-order chi connectivity index (χ1) is 49.7. The van der Waals surface area contributed by atoms with Crippen LogP contribution in [-0.4, -0.2) is 96.7 Å². The molecule has 0 aromatic heterocycles. The zero-order valence-corrected chi connectivity index (χ0v) is 64.8. The Morgan fingerprint density at radius 3 is 0.902 bits per heavy atom. The van der Waals surface area contributed by atoms with Crippen LogP contribution in [0, 0.1) is 0 Å². The molecule has 0 aliphatic heterocycles. The summed E-state index contributed by atoms with van der Waals surface area (Å²) in [4.78, 5) is 72.8. The predicted octanol–water partition coefficient (Wildman–Crippen LogP) is 22.2. The van der Waals surface area contributed by atoms with Gasteiger partial charge in [0.15, 0.2) is 12.2 Å². The van der Waals surface area contributed by atoms with Gasteiger partial charge in [-0.05, 0) is 154 Å². The predicted molar refractivity (Wildman–Crippen MR) is 417 cm³/mol. The molecule has 0 aromatic carbocycles. The fraction of sp³-hybridized carbons (Fsp3) is 0.614. The van der Waals surface area contributed by atoms with Gasteiger partial charge in [0, 0.05) is 19.3 Å². The maximum Gasteiger partial charge on any atom is 0.472 e. The number of carbonyl (C=O) groups is 4. The Morgan fingerprint density at radius 2 is 0.559 bits per heavy atom. The van der Waals surface area contributed by atoms with Crippen LogP contribution in [0.1, 0.15) is 272 Å². The molecule has 0 radical (unpaired) electrons. The topological polar surface area (TPSA) is 237 Å². The first kappa shape index (κ1) is 96.4. The van der Waals surface area contributed by atoms with Gasteiger partial charge < -0.3 is 33.8 Å². The number of hydrogen-bond donors (Lipinski definition) is 3. The highest BCUT2D eigenvalue weighted by Gasteiger charge is 2.30. The number of aliphatic hydroxyl groups excluding tert-OH is 1. The van der Waals surface area contributed by atoms with E-state index in [9.17, 15) is 43.2 Å². The number of allylic oxidation sites excluding steroid dienone is 27. The standard InChI is InChI=1S/C83H134O17P2/c1-5-9-13-17-21-25-29-33-37-38-42-44-48-52-56-60-64-68-81(86)94-74-79(100-83(88)70-66-62-58-54-50-46-41-36-32-28-24-20-16-12-8-4)76-98-102(91,92)96-72-77(84)71-95-101(89,90)97-75-78(99-82(87)69-65-61-57-53-49-45-40-35-31-27-23-19-15-11-7-3)73-93-80(85)67-63-59-55-51-47-43-39-34-30-26-22-18-14-10-6-2/h9-10,13-14,21-28,33-37,39-42,44,47,51-52,56,59,63,77-79,84H,5-8,11-12,15-20,29-32,38,43,45-46,48-50,53-55,57-58,60-62,64-76H2,1-4H3,(H,89,90)(H,91,92)/b13-9-,14-10-,25-21-,26-22-,27-23-,28-24-,37-33-,39-34-,40-35-,41-36-,44-42-,51-47-,56-52-,63-59-. The lowest BCUT2D eigenvalue weighted by Gasteiger charge is -2.21. The molecule has 3 N–H and O–H groups in total. The number of phosphoric acid groups is 2. The second kappa shape index (κ2) is 73.7. The van der Waals surface area contributed by atoms with E-state index in [1.807, 2.05) is 30.4 Å². The minimum atomic E-state index is -5.01. The van der Waals surface area contributed by atoms with Crippen LogP contribution in [0.5, 0.6) is 0 Å². The SMILES string of the molecule is CC/C=C\C/C=C\C/C=C\C/C=C\C/C=C\CCCC(=O)OCC(COP(=O)(O)OCC(O)COP(=O)(O)OCC(COC(=O)C/C=C\C/C=C\C/C=C\C/C=C\C/C=C\CC)OC(=O)CCCCCCC/C=C\C/C=C\CCCCC)OC(=O)CCCCCCC/C=C\C/C=C\CCCCC. The minimum absolute atomic E-state index is 0.0522. The Balaban J connectivity index is 5.52. The number of unbranched alkanes of at least 4 members (excludes halogenated alkanes) is 17. The molecule has 578 valence electrons. The van der Waals surface area contributed by atoms with E-state index in [2.05, 4.69) is 161 Å². The van der Waals surface area contributed by atoms with E-state index >= 15 is 0 Å². The number of ether oxygens (including phenoxy) is 4. The van der Waals surface area contributed by atoms with Crippen molar-refractivity contribution in [2.75, 3.05) is 39.6 Å². The third-order valence-corrected chi connectivity index (χ3v) is 17.1. The van der Waals surface area contributed by atoms with Crippen molar-refractivity contribution in [3.63, 3.8) is 0 Å². The van der Waals surface area contributed by atoms with E-state index in [1.54, 1.807) is 6.08 Å². The van der Waals surface area contributed by atoms with Crippen molar-refractivity contribution in [3.8, 4) is 0 Å².